The number of nitrogens with zero attached hydrogens (tertiary/aromatic N) is 2. The first-order valence-electron chi connectivity index (χ1n) is 9.35. The minimum Gasteiger partial charge on any atom is -0.460 e. The number of aryl methyl sites for hydroxylation is 1. The third-order valence-electron chi connectivity index (χ3n) is 4.80. The fraction of sp³-hybridized carbons (Fsp3) is 0.0435. The summed E-state index contributed by atoms with van der Waals surface area (Å²) in [4.78, 5) is 37.0. The van der Waals surface area contributed by atoms with E-state index in [4.69, 9.17) is 4.42 Å². The molecule has 0 bridgehead atoms. The largest absolute Gasteiger partial charge is 0.460 e. The predicted molar refractivity (Wildman–Crippen MR) is 114 cm³/mol. The zero-order valence-corrected chi connectivity index (χ0v) is 16.0. The van der Waals surface area contributed by atoms with Crippen molar-refractivity contribution in [1.29, 1.82) is 0 Å². The first-order valence-corrected chi connectivity index (χ1v) is 9.35. The van der Waals surface area contributed by atoms with Gasteiger partial charge < -0.3 is 4.42 Å². The molecule has 30 heavy (non-hydrogen) atoms. The molecule has 5 aromatic rings. The van der Waals surface area contributed by atoms with E-state index < -0.39 is 5.91 Å². The van der Waals surface area contributed by atoms with E-state index in [2.05, 4.69) is 20.3 Å². The molecule has 7 nitrogen and oxygen atoms in total. The number of para-hydroxylation sites is 2. The maximum absolute atomic E-state index is 13.1. The average Bonchev–Trinajstić information content (AvgIpc) is 3.19. The van der Waals surface area contributed by atoms with Crippen LogP contribution < -0.4 is 10.9 Å². The molecule has 0 atom stereocenters. The number of hydrogen-bond acceptors (Lipinski definition) is 5. The van der Waals surface area contributed by atoms with Crippen LogP contribution in [0.25, 0.3) is 33.3 Å². The normalized spacial score (nSPS) is 11.1. The zero-order chi connectivity index (χ0) is 20.7. The smallest absolute Gasteiger partial charge is 0.260 e. The van der Waals surface area contributed by atoms with E-state index in [0.29, 0.717) is 38.8 Å². The molecule has 0 saturated heterocycles. The predicted octanol–water partition coefficient (Wildman–Crippen LogP) is 4.29. The van der Waals surface area contributed by atoms with Crippen LogP contribution in [0, 0.1) is 6.92 Å². The van der Waals surface area contributed by atoms with E-state index in [1.807, 2.05) is 43.3 Å². The summed E-state index contributed by atoms with van der Waals surface area (Å²) < 4.78 is 5.68. The van der Waals surface area contributed by atoms with Crippen LogP contribution in [-0.2, 0) is 0 Å². The number of nitrogens with one attached hydrogen (secondary N) is 2. The lowest BCUT2D eigenvalue weighted by Gasteiger charge is -2.09. The van der Waals surface area contributed by atoms with Crippen LogP contribution in [0.4, 0.5) is 5.95 Å². The van der Waals surface area contributed by atoms with Crippen molar-refractivity contribution in [1.82, 2.24) is 15.0 Å². The summed E-state index contributed by atoms with van der Waals surface area (Å²) in [5.41, 5.74) is 1.80. The zero-order valence-electron chi connectivity index (χ0n) is 16.0. The number of aromatic amines is 1. The van der Waals surface area contributed by atoms with Crippen LogP contribution >= 0.6 is 0 Å². The maximum Gasteiger partial charge on any atom is 0.260 e. The molecule has 0 unspecified atom stereocenters. The number of furan rings is 1. The van der Waals surface area contributed by atoms with Gasteiger partial charge in [0.2, 0.25) is 5.95 Å². The molecule has 0 aliphatic heterocycles. The van der Waals surface area contributed by atoms with E-state index in [9.17, 15) is 9.59 Å². The molecule has 0 spiro atoms. The summed E-state index contributed by atoms with van der Waals surface area (Å²) in [5, 5.41) is 3.85. The van der Waals surface area contributed by atoms with Crippen molar-refractivity contribution in [3.8, 4) is 11.5 Å². The van der Waals surface area contributed by atoms with Crippen LogP contribution in [0.1, 0.15) is 16.1 Å². The topological polar surface area (TPSA) is 101 Å². The third-order valence-corrected chi connectivity index (χ3v) is 4.80. The molecule has 146 valence electrons. The van der Waals surface area contributed by atoms with Gasteiger partial charge in [-0.15, -0.1) is 0 Å². The number of benzene rings is 2. The number of carbonyl (C=O) groups is 1. The third kappa shape index (κ3) is 3.12. The summed E-state index contributed by atoms with van der Waals surface area (Å²) in [5.74, 6) is 1.00. The van der Waals surface area contributed by atoms with Crippen molar-refractivity contribution < 1.29 is 9.21 Å². The van der Waals surface area contributed by atoms with Crippen LogP contribution in [0.3, 0.4) is 0 Å². The molecule has 0 aliphatic rings. The van der Waals surface area contributed by atoms with Gasteiger partial charge in [-0.3, -0.25) is 19.9 Å². The fourth-order valence-corrected chi connectivity index (χ4v) is 3.38. The first-order chi connectivity index (χ1) is 14.6. The molecule has 3 aromatic heterocycles. The lowest BCUT2D eigenvalue weighted by molar-refractivity contribution is 0.102. The molecule has 5 rings (SSSR count). The van der Waals surface area contributed by atoms with E-state index in [-0.39, 0.29) is 11.5 Å². The Balaban J connectivity index is 1.60. The Bertz CT molecular complexity index is 1480. The van der Waals surface area contributed by atoms with Crippen molar-refractivity contribution in [2.24, 2.45) is 0 Å². The number of anilines is 1. The van der Waals surface area contributed by atoms with Crippen molar-refractivity contribution in [3.63, 3.8) is 0 Å². The molecule has 0 fully saturated rings. The number of fused-ring (bicyclic) bond motifs is 2. The second kappa shape index (κ2) is 6.97. The van der Waals surface area contributed by atoms with E-state index in [0.717, 1.165) is 5.76 Å². The Morgan fingerprint density at radius 1 is 0.933 bits per heavy atom. The summed E-state index contributed by atoms with van der Waals surface area (Å²) in [6, 6.07) is 19.6. The Kier molecular flexibility index (Phi) is 4.14. The van der Waals surface area contributed by atoms with E-state index >= 15 is 0 Å². The summed E-state index contributed by atoms with van der Waals surface area (Å²) >= 11 is 0. The summed E-state index contributed by atoms with van der Waals surface area (Å²) in [6.45, 7) is 1.85. The highest BCUT2D eigenvalue weighted by Crippen LogP contribution is 2.26. The molecule has 1 amide bonds. The number of pyridine rings is 1. The van der Waals surface area contributed by atoms with Gasteiger partial charge in [-0.2, -0.15) is 0 Å². The molecule has 2 N–H and O–H groups in total. The number of aromatic nitrogens is 3. The monoisotopic (exact) mass is 396 g/mol. The quantitative estimate of drug-likeness (QED) is 0.474. The summed E-state index contributed by atoms with van der Waals surface area (Å²) in [7, 11) is 0. The van der Waals surface area contributed by atoms with Gasteiger partial charge in [0.15, 0.2) is 5.76 Å². The van der Waals surface area contributed by atoms with Crippen molar-refractivity contribution >= 4 is 33.7 Å². The summed E-state index contributed by atoms with van der Waals surface area (Å²) in [6.07, 6.45) is 0. The van der Waals surface area contributed by atoms with Crippen LogP contribution in [0.2, 0.25) is 0 Å². The van der Waals surface area contributed by atoms with Gasteiger partial charge in [0.25, 0.3) is 11.5 Å². The lowest BCUT2D eigenvalue weighted by Crippen LogP contribution is -2.19. The van der Waals surface area contributed by atoms with Gasteiger partial charge in [0.05, 0.1) is 22.0 Å². The fourth-order valence-electron chi connectivity index (χ4n) is 3.38. The standard InChI is InChI=1S/C23H16N4O3/c1-13-10-11-20(30-13)19-12-16(14-6-2-4-8-17(14)24-19)22(29)27-23-25-18-9-5-3-7-15(18)21(28)26-23/h2-12H,1H3,(H2,25,26,27,28,29). The van der Waals surface area contributed by atoms with Gasteiger partial charge >= 0.3 is 0 Å². The Hall–Kier alpha value is -4.26. The Morgan fingerprint density at radius 3 is 2.37 bits per heavy atom. The van der Waals surface area contributed by atoms with E-state index in [1.165, 1.54) is 0 Å². The molecule has 0 radical (unpaired) electrons. The highest BCUT2D eigenvalue weighted by Gasteiger charge is 2.16. The number of H-pyrrole nitrogens is 1. The molecule has 0 aliphatic carbocycles. The highest BCUT2D eigenvalue weighted by molar-refractivity contribution is 6.12. The van der Waals surface area contributed by atoms with Gasteiger partial charge in [0, 0.05) is 5.39 Å². The van der Waals surface area contributed by atoms with Gasteiger partial charge in [-0.25, -0.2) is 9.97 Å². The Morgan fingerprint density at radius 2 is 1.63 bits per heavy atom. The number of carbonyl (C=O) groups excluding carboxylic acids is 1. The molecule has 7 heteroatoms. The average molecular weight is 396 g/mol. The van der Waals surface area contributed by atoms with Gasteiger partial charge in [-0.1, -0.05) is 30.3 Å². The van der Waals surface area contributed by atoms with Crippen molar-refractivity contribution in [2.75, 3.05) is 5.32 Å². The van der Waals surface area contributed by atoms with E-state index in [1.54, 1.807) is 30.3 Å². The van der Waals surface area contributed by atoms with Crippen LogP contribution in [0.5, 0.6) is 0 Å². The molecular weight excluding hydrogens is 380 g/mol. The SMILES string of the molecule is Cc1ccc(-c2cc(C(=O)Nc3nc4ccccc4c(=O)[nH]3)c3ccccc3n2)o1. The highest BCUT2D eigenvalue weighted by atomic mass is 16.3. The van der Waals surface area contributed by atoms with Crippen molar-refractivity contribution in [3.05, 3.63) is 88.4 Å². The number of amides is 1. The minimum absolute atomic E-state index is 0.0833. The minimum atomic E-state index is -0.406. The number of hydrogen-bond donors (Lipinski definition) is 2. The maximum atomic E-state index is 13.1. The second-order valence-electron chi connectivity index (χ2n) is 6.87. The Labute approximate surface area is 170 Å². The molecule has 2 aromatic carbocycles. The number of rotatable bonds is 3. The van der Waals surface area contributed by atoms with Crippen LogP contribution in [0.15, 0.2) is 75.9 Å². The molecule has 3 heterocycles. The van der Waals surface area contributed by atoms with Crippen LogP contribution in [-0.4, -0.2) is 20.9 Å². The second-order valence-corrected chi connectivity index (χ2v) is 6.87. The lowest BCUT2D eigenvalue weighted by atomic mass is 10.1. The van der Waals surface area contributed by atoms with Crippen molar-refractivity contribution in [2.45, 2.75) is 6.92 Å². The van der Waals surface area contributed by atoms with Gasteiger partial charge in [-0.05, 0) is 43.3 Å². The molecular formula is C23H16N4O3. The first kappa shape index (κ1) is 17.8. The molecule has 0 saturated carbocycles. The van der Waals surface area contributed by atoms with Gasteiger partial charge in [0.1, 0.15) is 11.5 Å².